The number of aromatic hydroxyl groups is 1. The van der Waals surface area contributed by atoms with Crippen LogP contribution in [0.15, 0.2) is 39.7 Å². The molecule has 4 heterocycles. The highest BCUT2D eigenvalue weighted by Crippen LogP contribution is 2.33. The zero-order valence-corrected chi connectivity index (χ0v) is 19.0. The summed E-state index contributed by atoms with van der Waals surface area (Å²) in [6.45, 7) is 0.200. The molecule has 3 unspecified atom stereocenters. The first-order valence-corrected chi connectivity index (χ1v) is 12.1. The highest BCUT2D eigenvalue weighted by atomic mass is 32.2. The van der Waals surface area contributed by atoms with Crippen molar-refractivity contribution in [3.8, 4) is 11.4 Å². The third-order valence-corrected chi connectivity index (χ3v) is 7.54. The van der Waals surface area contributed by atoms with Crippen LogP contribution < -0.4 is 21.6 Å². The van der Waals surface area contributed by atoms with E-state index in [4.69, 9.17) is 4.42 Å². The van der Waals surface area contributed by atoms with Crippen molar-refractivity contribution in [3.63, 3.8) is 0 Å². The number of benzene rings is 1. The number of nitrogens with one attached hydrogen (secondary N) is 3. The smallest absolute Gasteiger partial charge is 0.362 e. The van der Waals surface area contributed by atoms with Crippen LogP contribution in [0.4, 0.5) is 4.79 Å². The number of fused-ring (bicyclic) bond motifs is 2. The van der Waals surface area contributed by atoms with Gasteiger partial charge in [-0.25, -0.2) is 14.3 Å². The lowest BCUT2D eigenvalue weighted by Gasteiger charge is -2.16. The number of phenolic OH excluding ortho intramolecular Hbond substituents is 1. The van der Waals surface area contributed by atoms with Gasteiger partial charge in [-0.05, 0) is 31.0 Å². The fourth-order valence-corrected chi connectivity index (χ4v) is 5.84. The molecule has 2 aliphatic heterocycles. The maximum absolute atomic E-state index is 12.3. The summed E-state index contributed by atoms with van der Waals surface area (Å²) in [6.07, 6.45) is 4.61. The van der Waals surface area contributed by atoms with Crippen LogP contribution in [0.1, 0.15) is 31.4 Å². The van der Waals surface area contributed by atoms with Crippen molar-refractivity contribution >= 4 is 34.7 Å². The summed E-state index contributed by atoms with van der Waals surface area (Å²) in [5, 5.41) is 27.3. The van der Waals surface area contributed by atoms with E-state index < -0.39 is 5.63 Å². The molecule has 4 N–H and O–H groups in total. The number of aromatic nitrogens is 3. The largest absolute Gasteiger partial charge is 0.508 e. The molecule has 0 saturated carbocycles. The lowest BCUT2D eigenvalue weighted by atomic mass is 10.0. The normalized spacial score (nSPS) is 21.3. The second-order valence-corrected chi connectivity index (χ2v) is 9.71. The number of thioether (sulfide) groups is 1. The minimum absolute atomic E-state index is 0.00728. The Labute approximate surface area is 198 Å². The van der Waals surface area contributed by atoms with Crippen LogP contribution in [-0.2, 0) is 11.3 Å². The number of hydrogen-bond acceptors (Lipinski definition) is 8. The monoisotopic (exact) mass is 484 g/mol. The van der Waals surface area contributed by atoms with Gasteiger partial charge in [0.25, 0.3) is 0 Å². The van der Waals surface area contributed by atoms with Gasteiger partial charge in [-0.3, -0.25) is 4.79 Å². The lowest BCUT2D eigenvalue weighted by Crippen LogP contribution is -2.36. The van der Waals surface area contributed by atoms with Gasteiger partial charge in [0, 0.05) is 28.9 Å². The molecule has 2 saturated heterocycles. The summed E-state index contributed by atoms with van der Waals surface area (Å²) in [5.74, 6) is 0.861. The first-order valence-electron chi connectivity index (χ1n) is 11.1. The Morgan fingerprint density at radius 2 is 2.15 bits per heavy atom. The molecule has 11 nitrogen and oxygen atoms in total. The number of urea groups is 1. The molecule has 3 atom stereocenters. The Hall–Kier alpha value is -3.54. The predicted molar refractivity (Wildman–Crippen MR) is 125 cm³/mol. The van der Waals surface area contributed by atoms with Crippen LogP contribution >= 0.6 is 11.8 Å². The zero-order chi connectivity index (χ0) is 23.7. The standard InChI is InChI=1S/C22H24N6O5S/c29-14-6-5-12-7-16(21(31)33-17(12)8-14)28-10-13(26-27-28)9-23-19(30)4-2-1-3-18-20-15(11-34-18)24-22(32)25-20/h5-8,10,15,18,20,29H,1-4,9,11H2,(H,23,30)(H2,24,25,32). The van der Waals surface area contributed by atoms with Gasteiger partial charge in [0.1, 0.15) is 17.0 Å². The fraction of sp³-hybridized carbons (Fsp3) is 0.409. The van der Waals surface area contributed by atoms with E-state index in [0.29, 0.717) is 22.8 Å². The van der Waals surface area contributed by atoms with Gasteiger partial charge in [0.05, 0.1) is 24.8 Å². The molecule has 5 rings (SSSR count). The number of phenols is 1. The Kier molecular flexibility index (Phi) is 6.14. The van der Waals surface area contributed by atoms with Crippen molar-refractivity contribution in [2.45, 2.75) is 49.6 Å². The van der Waals surface area contributed by atoms with Gasteiger partial charge in [-0.2, -0.15) is 11.8 Å². The summed E-state index contributed by atoms with van der Waals surface area (Å²) >= 11 is 1.87. The van der Waals surface area contributed by atoms with E-state index >= 15 is 0 Å². The quantitative estimate of drug-likeness (QED) is 0.213. The van der Waals surface area contributed by atoms with E-state index in [-0.39, 0.29) is 47.6 Å². The fourth-order valence-electron chi connectivity index (χ4n) is 4.30. The minimum Gasteiger partial charge on any atom is -0.508 e. The molecule has 0 radical (unpaired) electrons. The Morgan fingerprint density at radius 1 is 1.26 bits per heavy atom. The van der Waals surface area contributed by atoms with E-state index in [9.17, 15) is 19.5 Å². The molecule has 3 amide bonds. The molecule has 2 aromatic heterocycles. The summed E-state index contributed by atoms with van der Waals surface area (Å²) in [7, 11) is 0. The topological polar surface area (TPSA) is 151 Å². The SMILES string of the molecule is O=C(CCCCC1SCC2NC(=O)NC21)NCc1cn(-c2cc3ccc(O)cc3oc2=O)nn1. The molecule has 178 valence electrons. The van der Waals surface area contributed by atoms with E-state index in [2.05, 4.69) is 26.3 Å². The highest BCUT2D eigenvalue weighted by molar-refractivity contribution is 8.00. The van der Waals surface area contributed by atoms with Crippen molar-refractivity contribution in [3.05, 3.63) is 46.6 Å². The molecular weight excluding hydrogens is 460 g/mol. The number of carbonyl (C=O) groups excluding carboxylic acids is 2. The second-order valence-electron chi connectivity index (χ2n) is 8.44. The molecule has 12 heteroatoms. The van der Waals surface area contributed by atoms with Crippen LogP contribution in [0.2, 0.25) is 0 Å². The number of hydrogen-bond donors (Lipinski definition) is 4. The predicted octanol–water partition coefficient (Wildman–Crippen LogP) is 1.42. The van der Waals surface area contributed by atoms with Crippen LogP contribution in [0.3, 0.4) is 0 Å². The molecule has 1 aromatic carbocycles. The molecule has 0 bridgehead atoms. The van der Waals surface area contributed by atoms with Crippen molar-refractivity contribution in [1.82, 2.24) is 30.9 Å². The third kappa shape index (κ3) is 4.72. The van der Waals surface area contributed by atoms with E-state index in [1.807, 2.05) is 11.8 Å². The molecular formula is C22H24N6O5S. The summed E-state index contributed by atoms with van der Waals surface area (Å²) in [4.78, 5) is 36.0. The molecule has 0 aliphatic carbocycles. The number of unbranched alkanes of at least 4 members (excludes halogenated alkanes) is 1. The maximum Gasteiger partial charge on any atom is 0.362 e. The van der Waals surface area contributed by atoms with Gasteiger partial charge in [-0.15, -0.1) is 5.10 Å². The van der Waals surface area contributed by atoms with Gasteiger partial charge < -0.3 is 25.5 Å². The van der Waals surface area contributed by atoms with E-state index in [0.717, 1.165) is 25.0 Å². The number of amides is 3. The van der Waals surface area contributed by atoms with Crippen LogP contribution in [-0.4, -0.2) is 55.1 Å². The number of nitrogens with zero attached hydrogens (tertiary/aromatic N) is 3. The summed E-state index contributed by atoms with van der Waals surface area (Å²) in [5.41, 5.74) is 0.357. The van der Waals surface area contributed by atoms with Crippen molar-refractivity contribution in [2.24, 2.45) is 0 Å². The molecule has 0 spiro atoms. The average Bonchev–Trinajstić information content (AvgIpc) is 3.51. The van der Waals surface area contributed by atoms with Crippen molar-refractivity contribution in [2.75, 3.05) is 5.75 Å². The van der Waals surface area contributed by atoms with Gasteiger partial charge >= 0.3 is 11.7 Å². The molecule has 3 aromatic rings. The Balaban J connectivity index is 1.09. The van der Waals surface area contributed by atoms with Crippen LogP contribution in [0, 0.1) is 0 Å². The summed E-state index contributed by atoms with van der Waals surface area (Å²) < 4.78 is 6.56. The van der Waals surface area contributed by atoms with Crippen LogP contribution in [0.5, 0.6) is 5.75 Å². The van der Waals surface area contributed by atoms with Crippen molar-refractivity contribution in [1.29, 1.82) is 0 Å². The Morgan fingerprint density at radius 3 is 3.03 bits per heavy atom. The molecule has 2 aliphatic rings. The van der Waals surface area contributed by atoms with E-state index in [1.165, 1.54) is 16.8 Å². The van der Waals surface area contributed by atoms with Gasteiger partial charge in [-0.1, -0.05) is 11.6 Å². The maximum atomic E-state index is 12.3. The minimum atomic E-state index is -0.613. The highest BCUT2D eigenvalue weighted by Gasteiger charge is 2.42. The lowest BCUT2D eigenvalue weighted by molar-refractivity contribution is -0.121. The second kappa shape index (κ2) is 9.37. The third-order valence-electron chi connectivity index (χ3n) is 6.04. The van der Waals surface area contributed by atoms with Gasteiger partial charge in [0.2, 0.25) is 5.91 Å². The Bertz CT molecular complexity index is 1290. The van der Waals surface area contributed by atoms with Gasteiger partial charge in [0.15, 0.2) is 5.69 Å². The average molecular weight is 485 g/mol. The van der Waals surface area contributed by atoms with Crippen molar-refractivity contribution < 1.29 is 19.1 Å². The number of carbonyl (C=O) groups is 2. The van der Waals surface area contributed by atoms with E-state index in [1.54, 1.807) is 18.3 Å². The molecule has 2 fully saturated rings. The first-order chi connectivity index (χ1) is 16.5. The first kappa shape index (κ1) is 22.3. The summed E-state index contributed by atoms with van der Waals surface area (Å²) in [6, 6.07) is 6.44. The number of rotatable bonds is 8. The molecule has 34 heavy (non-hydrogen) atoms. The zero-order valence-electron chi connectivity index (χ0n) is 18.2. The van der Waals surface area contributed by atoms with Crippen LogP contribution in [0.25, 0.3) is 16.7 Å².